The van der Waals surface area contributed by atoms with Crippen LogP contribution >= 0.6 is 0 Å². The highest BCUT2D eigenvalue weighted by Gasteiger charge is 2.13. The van der Waals surface area contributed by atoms with Crippen molar-refractivity contribution in [3.63, 3.8) is 0 Å². The first-order valence-corrected chi connectivity index (χ1v) is 8.37. The van der Waals surface area contributed by atoms with E-state index in [4.69, 9.17) is 0 Å². The van der Waals surface area contributed by atoms with Crippen molar-refractivity contribution in [2.24, 2.45) is 0 Å². The number of rotatable bonds is 6. The molecular formula is C20H22N4O. The molecule has 0 spiro atoms. The van der Waals surface area contributed by atoms with E-state index in [-0.39, 0.29) is 5.91 Å². The second kappa shape index (κ2) is 7.66. The smallest absolute Gasteiger partial charge is 0.272 e. The summed E-state index contributed by atoms with van der Waals surface area (Å²) in [4.78, 5) is 12.5. The van der Waals surface area contributed by atoms with E-state index in [2.05, 4.69) is 10.5 Å². The van der Waals surface area contributed by atoms with Crippen LogP contribution in [0.15, 0.2) is 67.0 Å². The van der Waals surface area contributed by atoms with E-state index in [1.165, 1.54) is 5.56 Å². The SMILES string of the molecule is CCN(NC(=O)c1cnn(Cc2ccccc2)c1)c1ccc(C)cc1. The molecule has 0 bridgehead atoms. The Morgan fingerprint density at radius 1 is 1.12 bits per heavy atom. The minimum absolute atomic E-state index is 0.165. The van der Waals surface area contributed by atoms with E-state index in [0.29, 0.717) is 18.7 Å². The van der Waals surface area contributed by atoms with Gasteiger partial charge in [-0.25, -0.2) is 0 Å². The van der Waals surface area contributed by atoms with Crippen LogP contribution in [0.25, 0.3) is 0 Å². The molecule has 1 heterocycles. The Bertz CT molecular complexity index is 824. The number of hydrogen-bond acceptors (Lipinski definition) is 3. The van der Waals surface area contributed by atoms with Crippen LogP contribution in [0.4, 0.5) is 5.69 Å². The van der Waals surface area contributed by atoms with Crippen LogP contribution in [0, 0.1) is 6.92 Å². The predicted octanol–water partition coefficient (Wildman–Crippen LogP) is 3.41. The second-order valence-corrected chi connectivity index (χ2v) is 5.93. The molecule has 1 aromatic heterocycles. The summed E-state index contributed by atoms with van der Waals surface area (Å²) < 4.78 is 1.77. The zero-order chi connectivity index (χ0) is 17.6. The third kappa shape index (κ3) is 4.26. The molecule has 25 heavy (non-hydrogen) atoms. The first-order chi connectivity index (χ1) is 12.2. The summed E-state index contributed by atoms with van der Waals surface area (Å²) in [6.45, 7) is 5.36. The quantitative estimate of drug-likeness (QED) is 0.703. The fraction of sp³-hybridized carbons (Fsp3) is 0.200. The summed E-state index contributed by atoms with van der Waals surface area (Å²) in [5, 5.41) is 6.12. The predicted molar refractivity (Wildman–Crippen MR) is 99.4 cm³/mol. The van der Waals surface area contributed by atoms with Crippen molar-refractivity contribution in [1.82, 2.24) is 15.2 Å². The number of nitrogens with zero attached hydrogens (tertiary/aromatic N) is 3. The van der Waals surface area contributed by atoms with E-state index >= 15 is 0 Å². The summed E-state index contributed by atoms with van der Waals surface area (Å²) >= 11 is 0. The molecular weight excluding hydrogens is 312 g/mol. The van der Waals surface area contributed by atoms with E-state index in [1.807, 2.05) is 73.5 Å². The highest BCUT2D eigenvalue weighted by atomic mass is 16.2. The summed E-state index contributed by atoms with van der Waals surface area (Å²) in [5.41, 5.74) is 6.77. The van der Waals surface area contributed by atoms with Gasteiger partial charge in [-0.3, -0.25) is 19.9 Å². The van der Waals surface area contributed by atoms with Gasteiger partial charge in [0.15, 0.2) is 0 Å². The van der Waals surface area contributed by atoms with Crippen LogP contribution in [-0.2, 0) is 6.54 Å². The summed E-state index contributed by atoms with van der Waals surface area (Å²) in [7, 11) is 0. The lowest BCUT2D eigenvalue weighted by Crippen LogP contribution is -2.42. The Hall–Kier alpha value is -3.08. The molecule has 0 fully saturated rings. The number of anilines is 1. The van der Waals surface area contributed by atoms with Crippen molar-refractivity contribution in [3.8, 4) is 0 Å². The highest BCUT2D eigenvalue weighted by Crippen LogP contribution is 2.13. The van der Waals surface area contributed by atoms with E-state index < -0.39 is 0 Å². The molecule has 0 aliphatic heterocycles. The minimum Gasteiger partial charge on any atom is -0.286 e. The lowest BCUT2D eigenvalue weighted by molar-refractivity contribution is 0.0949. The number of amides is 1. The van der Waals surface area contributed by atoms with Crippen molar-refractivity contribution in [1.29, 1.82) is 0 Å². The van der Waals surface area contributed by atoms with E-state index in [1.54, 1.807) is 17.1 Å². The third-order valence-corrected chi connectivity index (χ3v) is 3.98. The number of nitrogens with one attached hydrogen (secondary N) is 1. The molecule has 5 heteroatoms. The molecule has 0 saturated heterocycles. The van der Waals surface area contributed by atoms with Crippen LogP contribution in [0.5, 0.6) is 0 Å². The Morgan fingerprint density at radius 3 is 2.52 bits per heavy atom. The van der Waals surface area contributed by atoms with E-state index in [9.17, 15) is 4.79 Å². The number of benzene rings is 2. The van der Waals surface area contributed by atoms with Gasteiger partial charge in [-0.05, 0) is 31.5 Å². The lowest BCUT2D eigenvalue weighted by atomic mass is 10.2. The molecule has 5 nitrogen and oxygen atoms in total. The van der Waals surface area contributed by atoms with Gasteiger partial charge in [0.1, 0.15) is 0 Å². The van der Waals surface area contributed by atoms with Gasteiger partial charge in [-0.1, -0.05) is 48.0 Å². The molecule has 0 radical (unpaired) electrons. The van der Waals surface area contributed by atoms with Crippen molar-refractivity contribution in [2.75, 3.05) is 11.6 Å². The largest absolute Gasteiger partial charge is 0.286 e. The van der Waals surface area contributed by atoms with Gasteiger partial charge in [-0.15, -0.1) is 0 Å². The molecule has 0 saturated carbocycles. The lowest BCUT2D eigenvalue weighted by Gasteiger charge is -2.23. The van der Waals surface area contributed by atoms with Crippen molar-refractivity contribution in [3.05, 3.63) is 83.7 Å². The highest BCUT2D eigenvalue weighted by molar-refractivity contribution is 5.94. The maximum Gasteiger partial charge on any atom is 0.272 e. The average molecular weight is 334 g/mol. The minimum atomic E-state index is -0.165. The molecule has 1 N–H and O–H groups in total. The topological polar surface area (TPSA) is 50.2 Å². The molecule has 1 amide bonds. The Kier molecular flexibility index (Phi) is 5.14. The van der Waals surface area contributed by atoms with Crippen LogP contribution in [0.1, 0.15) is 28.4 Å². The van der Waals surface area contributed by atoms with Crippen LogP contribution in [-0.4, -0.2) is 22.2 Å². The molecule has 0 aliphatic carbocycles. The molecule has 0 aliphatic rings. The van der Waals surface area contributed by atoms with Gasteiger partial charge in [0.25, 0.3) is 5.91 Å². The van der Waals surface area contributed by atoms with Gasteiger partial charge in [0, 0.05) is 12.7 Å². The third-order valence-electron chi connectivity index (χ3n) is 3.98. The molecule has 0 atom stereocenters. The summed E-state index contributed by atoms with van der Waals surface area (Å²) in [5.74, 6) is -0.165. The van der Waals surface area contributed by atoms with Gasteiger partial charge >= 0.3 is 0 Å². The molecule has 0 unspecified atom stereocenters. The maximum atomic E-state index is 12.5. The van der Waals surface area contributed by atoms with Crippen molar-refractivity contribution >= 4 is 11.6 Å². The Labute approximate surface area is 147 Å². The normalized spacial score (nSPS) is 10.5. The first kappa shape index (κ1) is 16.8. The fourth-order valence-electron chi connectivity index (χ4n) is 2.58. The van der Waals surface area contributed by atoms with Crippen LogP contribution < -0.4 is 10.4 Å². The van der Waals surface area contributed by atoms with Gasteiger partial charge in [-0.2, -0.15) is 5.10 Å². The number of hydrazine groups is 1. The molecule has 128 valence electrons. The fourth-order valence-corrected chi connectivity index (χ4v) is 2.58. The number of hydrogen-bond donors (Lipinski definition) is 1. The number of carbonyl (C=O) groups is 1. The van der Waals surface area contributed by atoms with Crippen molar-refractivity contribution in [2.45, 2.75) is 20.4 Å². The Balaban J connectivity index is 1.67. The number of aryl methyl sites for hydroxylation is 1. The Morgan fingerprint density at radius 2 is 1.84 bits per heavy atom. The molecule has 2 aromatic carbocycles. The van der Waals surface area contributed by atoms with Crippen LogP contribution in [0.3, 0.4) is 0 Å². The van der Waals surface area contributed by atoms with Gasteiger partial charge < -0.3 is 0 Å². The monoisotopic (exact) mass is 334 g/mol. The molecule has 3 rings (SSSR count). The second-order valence-electron chi connectivity index (χ2n) is 5.93. The number of aromatic nitrogens is 2. The van der Waals surface area contributed by atoms with Crippen LogP contribution in [0.2, 0.25) is 0 Å². The first-order valence-electron chi connectivity index (χ1n) is 8.37. The zero-order valence-electron chi connectivity index (χ0n) is 14.5. The maximum absolute atomic E-state index is 12.5. The van der Waals surface area contributed by atoms with Gasteiger partial charge in [0.2, 0.25) is 0 Å². The summed E-state index contributed by atoms with van der Waals surface area (Å²) in [6, 6.07) is 18.1. The summed E-state index contributed by atoms with van der Waals surface area (Å²) in [6.07, 6.45) is 3.37. The average Bonchev–Trinajstić information content (AvgIpc) is 3.10. The van der Waals surface area contributed by atoms with Gasteiger partial charge in [0.05, 0.1) is 24.0 Å². The van der Waals surface area contributed by atoms with Crippen molar-refractivity contribution < 1.29 is 4.79 Å². The number of carbonyl (C=O) groups excluding carboxylic acids is 1. The zero-order valence-corrected chi connectivity index (χ0v) is 14.5. The molecule has 3 aromatic rings. The van der Waals surface area contributed by atoms with E-state index in [0.717, 1.165) is 11.3 Å². The standard InChI is InChI=1S/C20H22N4O/c1-3-24(19-11-9-16(2)10-12-19)22-20(25)18-13-21-23(15-18)14-17-7-5-4-6-8-17/h4-13,15H,3,14H2,1-2H3,(H,22,25).